The van der Waals surface area contributed by atoms with Crippen LogP contribution in [0.1, 0.15) is 32.8 Å². The van der Waals surface area contributed by atoms with Gasteiger partial charge in [-0.05, 0) is 49.1 Å². The number of allylic oxidation sites excluding steroid dienone is 5. The van der Waals surface area contributed by atoms with E-state index in [1.54, 1.807) is 6.07 Å². The van der Waals surface area contributed by atoms with Gasteiger partial charge in [-0.15, -0.1) is 0 Å². The van der Waals surface area contributed by atoms with Crippen molar-refractivity contribution in [1.29, 1.82) is 0 Å². The molecule has 0 aliphatic heterocycles. The van der Waals surface area contributed by atoms with E-state index in [9.17, 15) is 8.78 Å². The van der Waals surface area contributed by atoms with Gasteiger partial charge in [0.25, 0.3) is 6.36 Å². The van der Waals surface area contributed by atoms with Crippen LogP contribution in [0.5, 0.6) is 5.75 Å². The number of hydrogen-bond donors (Lipinski definition) is 0. The maximum absolute atomic E-state index is 14.2. The van der Waals surface area contributed by atoms with Gasteiger partial charge < -0.3 is 4.74 Å². The molecule has 1 nitrogen and oxygen atoms in total. The molecule has 0 aliphatic carbocycles. The van der Waals surface area contributed by atoms with Crippen LogP contribution in [-0.2, 0) is 0 Å². The zero-order valence-electron chi connectivity index (χ0n) is 13.3. The van der Waals surface area contributed by atoms with E-state index in [1.165, 1.54) is 13.0 Å². The van der Waals surface area contributed by atoms with Crippen molar-refractivity contribution in [2.75, 3.05) is 0 Å². The Kier molecular flexibility index (Phi) is 6.77. The summed E-state index contributed by atoms with van der Waals surface area (Å²) in [6.07, 6.45) is 5.09. The van der Waals surface area contributed by atoms with Crippen molar-refractivity contribution in [2.24, 2.45) is 0 Å². The monoisotopic (exact) mass is 304 g/mol. The summed E-state index contributed by atoms with van der Waals surface area (Å²) in [5.74, 6) is -0.374. The zero-order chi connectivity index (χ0) is 16.7. The van der Waals surface area contributed by atoms with E-state index < -0.39 is 12.2 Å². The molecule has 22 heavy (non-hydrogen) atoms. The number of rotatable bonds is 7. The van der Waals surface area contributed by atoms with E-state index in [1.807, 2.05) is 32.1 Å². The molecule has 1 aromatic rings. The molecule has 0 N–H and O–H groups in total. The van der Waals surface area contributed by atoms with Gasteiger partial charge in [-0.25, -0.2) is 4.39 Å². The Morgan fingerprint density at radius 2 is 2.00 bits per heavy atom. The number of benzene rings is 1. The summed E-state index contributed by atoms with van der Waals surface area (Å²) in [7, 11) is 0. The van der Waals surface area contributed by atoms with E-state index in [-0.39, 0.29) is 11.3 Å². The summed E-state index contributed by atoms with van der Waals surface area (Å²) in [5, 5.41) is 0. The first-order valence-corrected chi connectivity index (χ1v) is 7.15. The van der Waals surface area contributed by atoms with Gasteiger partial charge in [-0.1, -0.05) is 38.3 Å². The standard InChI is InChI=1S/C19H22F2O/c1-6-7-8-9-14(4)15(5)17-11-10-16(12-18(17)20)22-19(21)13(2)3/h7-12,19H,2,5-6H2,1,3-4H3/b8-7-,14-9+. The summed E-state index contributed by atoms with van der Waals surface area (Å²) < 4.78 is 32.6. The van der Waals surface area contributed by atoms with Gasteiger partial charge in [0, 0.05) is 11.6 Å². The second-order valence-electron chi connectivity index (χ2n) is 5.09. The maximum atomic E-state index is 14.2. The van der Waals surface area contributed by atoms with E-state index in [2.05, 4.69) is 13.2 Å². The predicted molar refractivity (Wildman–Crippen MR) is 89.0 cm³/mol. The molecule has 0 bridgehead atoms. The summed E-state index contributed by atoms with van der Waals surface area (Å²) in [6, 6.07) is 4.22. The van der Waals surface area contributed by atoms with Gasteiger partial charge in [0.1, 0.15) is 11.6 Å². The molecule has 0 heterocycles. The van der Waals surface area contributed by atoms with Crippen molar-refractivity contribution < 1.29 is 13.5 Å². The molecule has 0 saturated carbocycles. The molecule has 0 amide bonds. The first-order valence-electron chi connectivity index (χ1n) is 7.15. The summed E-state index contributed by atoms with van der Waals surface area (Å²) >= 11 is 0. The second kappa shape index (κ2) is 8.32. The van der Waals surface area contributed by atoms with E-state index in [4.69, 9.17) is 4.74 Å². The van der Waals surface area contributed by atoms with Crippen LogP contribution in [-0.4, -0.2) is 6.36 Å². The number of ether oxygens (including phenoxy) is 1. The van der Waals surface area contributed by atoms with Crippen LogP contribution in [0.25, 0.3) is 5.57 Å². The second-order valence-corrected chi connectivity index (χ2v) is 5.09. The topological polar surface area (TPSA) is 9.23 Å². The maximum Gasteiger partial charge on any atom is 0.259 e. The normalized spacial score (nSPS) is 13.2. The van der Waals surface area contributed by atoms with Crippen molar-refractivity contribution in [3.63, 3.8) is 0 Å². The molecule has 0 fully saturated rings. The van der Waals surface area contributed by atoms with Gasteiger partial charge in [0.2, 0.25) is 0 Å². The highest BCUT2D eigenvalue weighted by molar-refractivity contribution is 5.77. The average Bonchev–Trinajstić information content (AvgIpc) is 2.46. The van der Waals surface area contributed by atoms with Crippen LogP contribution in [0.2, 0.25) is 0 Å². The Morgan fingerprint density at radius 1 is 1.32 bits per heavy atom. The Hall–Kier alpha value is -2.16. The molecule has 0 radical (unpaired) electrons. The highest BCUT2D eigenvalue weighted by Crippen LogP contribution is 2.27. The summed E-state index contributed by atoms with van der Waals surface area (Å²) in [5.41, 5.74) is 2.05. The summed E-state index contributed by atoms with van der Waals surface area (Å²) in [4.78, 5) is 0. The number of halogens is 2. The number of alkyl halides is 1. The molecular formula is C19H22F2O. The van der Waals surface area contributed by atoms with Crippen LogP contribution >= 0.6 is 0 Å². The largest absolute Gasteiger partial charge is 0.456 e. The first-order chi connectivity index (χ1) is 10.4. The lowest BCUT2D eigenvalue weighted by molar-refractivity contribution is 0.102. The highest BCUT2D eigenvalue weighted by Gasteiger charge is 2.12. The quantitative estimate of drug-likeness (QED) is 0.443. The Labute approximate surface area is 131 Å². The van der Waals surface area contributed by atoms with Crippen LogP contribution in [0.15, 0.2) is 60.7 Å². The van der Waals surface area contributed by atoms with E-state index in [0.29, 0.717) is 11.1 Å². The SMILES string of the molecule is C=C(/C(C)=C/C=C\CC)c1ccc(OC(F)C(=C)C)cc1F. The van der Waals surface area contributed by atoms with Crippen LogP contribution in [0.4, 0.5) is 8.78 Å². The first kappa shape index (κ1) is 17.9. The predicted octanol–water partition coefficient (Wildman–Crippen LogP) is 6.00. The Morgan fingerprint density at radius 3 is 2.55 bits per heavy atom. The lowest BCUT2D eigenvalue weighted by Crippen LogP contribution is -2.10. The average molecular weight is 304 g/mol. The van der Waals surface area contributed by atoms with Crippen molar-refractivity contribution in [1.82, 2.24) is 0 Å². The van der Waals surface area contributed by atoms with Crippen LogP contribution < -0.4 is 4.74 Å². The third-order valence-corrected chi connectivity index (χ3v) is 3.09. The van der Waals surface area contributed by atoms with Crippen LogP contribution in [0, 0.1) is 5.82 Å². The number of hydrogen-bond acceptors (Lipinski definition) is 1. The van der Waals surface area contributed by atoms with Crippen molar-refractivity contribution in [3.8, 4) is 5.75 Å². The minimum atomic E-state index is -1.64. The molecule has 3 heteroatoms. The minimum absolute atomic E-state index is 0.122. The van der Waals surface area contributed by atoms with Crippen molar-refractivity contribution >= 4 is 5.57 Å². The Bertz CT molecular complexity index is 612. The molecule has 0 saturated heterocycles. The molecule has 0 spiro atoms. The molecule has 1 unspecified atom stereocenters. The fourth-order valence-corrected chi connectivity index (χ4v) is 1.70. The molecular weight excluding hydrogens is 282 g/mol. The lowest BCUT2D eigenvalue weighted by atomic mass is 9.99. The van der Waals surface area contributed by atoms with Gasteiger partial charge in [0.15, 0.2) is 0 Å². The smallest absolute Gasteiger partial charge is 0.259 e. The highest BCUT2D eigenvalue weighted by atomic mass is 19.1. The zero-order valence-corrected chi connectivity index (χ0v) is 13.3. The van der Waals surface area contributed by atoms with Gasteiger partial charge in [-0.3, -0.25) is 0 Å². The Balaban J connectivity index is 2.94. The van der Waals surface area contributed by atoms with Gasteiger partial charge in [-0.2, -0.15) is 4.39 Å². The fraction of sp³-hybridized carbons (Fsp3) is 0.263. The van der Waals surface area contributed by atoms with Gasteiger partial charge >= 0.3 is 0 Å². The third-order valence-electron chi connectivity index (χ3n) is 3.09. The molecule has 0 aromatic heterocycles. The molecule has 1 rings (SSSR count). The molecule has 1 aromatic carbocycles. The van der Waals surface area contributed by atoms with Crippen molar-refractivity contribution in [3.05, 3.63) is 72.1 Å². The molecule has 0 aliphatic rings. The van der Waals surface area contributed by atoms with Crippen LogP contribution in [0.3, 0.4) is 0 Å². The minimum Gasteiger partial charge on any atom is -0.456 e. The summed E-state index contributed by atoms with van der Waals surface area (Å²) in [6.45, 7) is 12.8. The molecule has 1 atom stereocenters. The molecule has 118 valence electrons. The van der Waals surface area contributed by atoms with E-state index >= 15 is 0 Å². The fourth-order valence-electron chi connectivity index (χ4n) is 1.70. The third kappa shape index (κ3) is 4.99. The van der Waals surface area contributed by atoms with Gasteiger partial charge in [0.05, 0.1) is 0 Å². The van der Waals surface area contributed by atoms with Crippen molar-refractivity contribution in [2.45, 2.75) is 33.5 Å². The lowest BCUT2D eigenvalue weighted by Gasteiger charge is -2.13. The van der Waals surface area contributed by atoms with E-state index in [0.717, 1.165) is 18.1 Å².